The van der Waals surface area contributed by atoms with Crippen molar-refractivity contribution in [2.45, 2.75) is 63.9 Å². The van der Waals surface area contributed by atoms with Crippen LogP contribution >= 0.6 is 22.6 Å². The van der Waals surface area contributed by atoms with E-state index >= 15 is 0 Å². The van der Waals surface area contributed by atoms with Gasteiger partial charge in [0, 0.05) is 9.26 Å². The summed E-state index contributed by atoms with van der Waals surface area (Å²) < 4.78 is 20.9. The smallest absolute Gasteiger partial charge is 0.250 e. The van der Waals surface area contributed by atoms with Gasteiger partial charge in [-0.05, 0) is 113 Å². The summed E-state index contributed by atoms with van der Waals surface area (Å²) in [7, 11) is -1.96. The molecule has 3 atom stereocenters. The molecule has 1 unspecified atom stereocenters. The molecule has 3 aromatic rings. The average Bonchev–Trinajstić information content (AvgIpc) is 2.84. The van der Waals surface area contributed by atoms with Gasteiger partial charge in [-0.15, -0.1) is 0 Å². The maximum atomic E-state index is 13.4. The summed E-state index contributed by atoms with van der Waals surface area (Å²) in [6, 6.07) is 21.9. The third-order valence-corrected chi connectivity index (χ3v) is 12.8. The first kappa shape index (κ1) is 27.8. The first-order chi connectivity index (χ1) is 17.4. The molecule has 3 aromatic carbocycles. The number of hydrogen-bond donors (Lipinski definition) is 1. The van der Waals surface area contributed by atoms with E-state index in [1.807, 2.05) is 41.3 Å². The number of aliphatic hydroxyl groups excluding tert-OH is 1. The summed E-state index contributed by atoms with van der Waals surface area (Å²) in [4.78, 5) is 15.2. The second kappa shape index (κ2) is 10.9. The van der Waals surface area contributed by atoms with Gasteiger partial charge in [-0.25, -0.2) is 4.39 Å². The van der Waals surface area contributed by atoms with Crippen LogP contribution < -0.4 is 9.33 Å². The Labute approximate surface area is 234 Å². The maximum Gasteiger partial charge on any atom is 0.250 e. The Morgan fingerprint density at radius 2 is 1.59 bits per heavy atom. The molecule has 0 spiro atoms. The Morgan fingerprint density at radius 1 is 1.00 bits per heavy atom. The molecule has 1 fully saturated rings. The van der Waals surface area contributed by atoms with Gasteiger partial charge < -0.3 is 14.4 Å². The zero-order valence-corrected chi connectivity index (χ0v) is 25.2. The summed E-state index contributed by atoms with van der Waals surface area (Å²) in [5.74, 6) is 0.324. The fraction of sp³-hybridized carbons (Fsp3) is 0.367. The number of hydrogen-bond acceptors (Lipinski definition) is 3. The van der Waals surface area contributed by atoms with Crippen LogP contribution in [0.2, 0.25) is 18.1 Å². The highest BCUT2D eigenvalue weighted by Gasteiger charge is 2.48. The van der Waals surface area contributed by atoms with Crippen LogP contribution in [-0.4, -0.2) is 19.3 Å². The monoisotopic (exact) mass is 631 g/mol. The van der Waals surface area contributed by atoms with Crippen molar-refractivity contribution in [3.05, 3.63) is 93.3 Å². The summed E-state index contributed by atoms with van der Waals surface area (Å²) in [6.45, 7) is 11.1. The zero-order valence-electron chi connectivity index (χ0n) is 22.0. The number of aliphatic hydroxyl groups is 1. The minimum atomic E-state index is -1.96. The normalized spacial score (nSPS) is 18.9. The topological polar surface area (TPSA) is 49.8 Å². The second-order valence-electron chi connectivity index (χ2n) is 11.3. The van der Waals surface area contributed by atoms with E-state index in [1.54, 1.807) is 12.1 Å². The van der Waals surface area contributed by atoms with Gasteiger partial charge in [0.15, 0.2) is 0 Å². The molecular weight excluding hydrogens is 596 g/mol. The van der Waals surface area contributed by atoms with E-state index in [1.165, 1.54) is 12.1 Å². The lowest BCUT2D eigenvalue weighted by atomic mass is 9.78. The van der Waals surface area contributed by atoms with Crippen LogP contribution in [0.1, 0.15) is 56.9 Å². The highest BCUT2D eigenvalue weighted by atomic mass is 127. The van der Waals surface area contributed by atoms with Crippen LogP contribution in [0.4, 0.5) is 10.1 Å². The van der Waals surface area contributed by atoms with Crippen LogP contribution in [-0.2, 0) is 4.79 Å². The van der Waals surface area contributed by atoms with Crippen LogP contribution in [0.5, 0.6) is 5.75 Å². The summed E-state index contributed by atoms with van der Waals surface area (Å²) in [5.41, 5.74) is 2.57. The third-order valence-electron chi connectivity index (χ3n) is 7.73. The molecule has 196 valence electrons. The molecule has 1 heterocycles. The lowest BCUT2D eigenvalue weighted by Crippen LogP contribution is -2.55. The molecular formula is C30H35FINO3Si. The zero-order chi connectivity index (χ0) is 27.0. The Morgan fingerprint density at radius 3 is 2.16 bits per heavy atom. The van der Waals surface area contributed by atoms with Gasteiger partial charge in [0.05, 0.1) is 18.1 Å². The van der Waals surface area contributed by atoms with E-state index in [0.29, 0.717) is 18.4 Å². The van der Waals surface area contributed by atoms with Crippen LogP contribution in [0.15, 0.2) is 72.8 Å². The lowest BCUT2D eigenvalue weighted by Gasteiger charge is -2.48. The molecule has 0 radical (unpaired) electrons. The highest BCUT2D eigenvalue weighted by Crippen LogP contribution is 2.47. The average molecular weight is 632 g/mol. The Hall–Kier alpha value is -2.23. The number of anilines is 1. The second-order valence-corrected chi connectivity index (χ2v) is 17.3. The molecule has 1 amide bonds. The molecule has 1 N–H and O–H groups in total. The number of benzene rings is 3. The number of carbonyl (C=O) groups excluding carboxylic acids is 1. The molecule has 37 heavy (non-hydrogen) atoms. The Bertz CT molecular complexity index is 1220. The van der Waals surface area contributed by atoms with Gasteiger partial charge in [0.1, 0.15) is 11.6 Å². The Kier molecular flexibility index (Phi) is 8.16. The van der Waals surface area contributed by atoms with Gasteiger partial charge in [-0.2, -0.15) is 0 Å². The molecule has 4 rings (SSSR count). The fourth-order valence-corrected chi connectivity index (χ4v) is 5.86. The molecule has 1 saturated heterocycles. The van der Waals surface area contributed by atoms with E-state index in [-0.39, 0.29) is 28.7 Å². The highest BCUT2D eigenvalue weighted by molar-refractivity contribution is 14.1. The molecule has 0 aliphatic carbocycles. The van der Waals surface area contributed by atoms with Crippen molar-refractivity contribution in [3.63, 3.8) is 0 Å². The van der Waals surface area contributed by atoms with Crippen molar-refractivity contribution in [1.82, 2.24) is 0 Å². The van der Waals surface area contributed by atoms with E-state index in [0.717, 1.165) is 20.6 Å². The molecule has 0 saturated carbocycles. The molecule has 4 nitrogen and oxygen atoms in total. The van der Waals surface area contributed by atoms with Crippen LogP contribution in [0.25, 0.3) is 0 Å². The number of rotatable bonds is 8. The number of β-lactam (4-membered cyclic amide) rings is 1. The lowest BCUT2D eigenvalue weighted by molar-refractivity contribution is -0.131. The predicted octanol–water partition coefficient (Wildman–Crippen LogP) is 8.03. The predicted molar refractivity (Wildman–Crippen MR) is 158 cm³/mol. The van der Waals surface area contributed by atoms with Gasteiger partial charge in [0.25, 0.3) is 0 Å². The summed E-state index contributed by atoms with van der Waals surface area (Å²) in [5, 5.41) is 10.8. The first-order valence-corrected chi connectivity index (χ1v) is 16.7. The standard InChI is InChI=1S/C30H35FINO3Si/c1-30(2,3)37(4,5)36-25-16-8-21(9-17-25)28-26(18-19-27(34)20-6-10-22(31)11-7-20)29(35)33(28)24-14-12-23(32)13-15-24/h6-17,26-28,34H,18-19H2,1-5H3/t26?,27-,28+/m0/s1. The van der Waals surface area contributed by atoms with E-state index in [9.17, 15) is 14.3 Å². The fourth-order valence-electron chi connectivity index (χ4n) is 4.47. The number of carbonyl (C=O) groups is 1. The van der Waals surface area contributed by atoms with Crippen molar-refractivity contribution >= 4 is 42.5 Å². The first-order valence-electron chi connectivity index (χ1n) is 12.7. The summed E-state index contributed by atoms with van der Waals surface area (Å²) in [6.07, 6.45) is 0.207. The SMILES string of the molecule is CC(C)(C)[Si](C)(C)Oc1ccc([C@@H]2C(CC[C@H](O)c3ccc(F)cc3)C(=O)N2c2ccc(I)cc2)cc1. The number of halogens is 2. The maximum absolute atomic E-state index is 13.4. The number of amides is 1. The van der Waals surface area contributed by atoms with Gasteiger partial charge in [-0.1, -0.05) is 45.0 Å². The molecule has 1 aliphatic heterocycles. The van der Waals surface area contributed by atoms with E-state index < -0.39 is 14.4 Å². The van der Waals surface area contributed by atoms with Crippen LogP contribution in [0, 0.1) is 15.3 Å². The van der Waals surface area contributed by atoms with E-state index in [4.69, 9.17) is 4.43 Å². The van der Waals surface area contributed by atoms with E-state index in [2.05, 4.69) is 68.6 Å². The molecule has 0 bridgehead atoms. The van der Waals surface area contributed by atoms with Crippen molar-refractivity contribution in [2.24, 2.45) is 5.92 Å². The van der Waals surface area contributed by atoms with Gasteiger partial charge >= 0.3 is 0 Å². The van der Waals surface area contributed by atoms with Crippen molar-refractivity contribution in [2.75, 3.05) is 4.90 Å². The van der Waals surface area contributed by atoms with Gasteiger partial charge in [-0.3, -0.25) is 4.79 Å². The van der Waals surface area contributed by atoms with Crippen molar-refractivity contribution < 1.29 is 18.7 Å². The molecule has 7 heteroatoms. The molecule has 1 aliphatic rings. The summed E-state index contributed by atoms with van der Waals surface area (Å²) >= 11 is 2.26. The quantitative estimate of drug-likeness (QED) is 0.156. The van der Waals surface area contributed by atoms with Crippen LogP contribution in [0.3, 0.4) is 0 Å². The van der Waals surface area contributed by atoms with Gasteiger partial charge in [0.2, 0.25) is 14.2 Å². The largest absolute Gasteiger partial charge is 0.544 e. The van der Waals surface area contributed by atoms with Crippen molar-refractivity contribution in [3.8, 4) is 5.75 Å². The minimum Gasteiger partial charge on any atom is -0.544 e. The Balaban J connectivity index is 1.56. The third kappa shape index (κ3) is 6.10. The van der Waals surface area contributed by atoms with Crippen molar-refractivity contribution in [1.29, 1.82) is 0 Å². The molecule has 0 aromatic heterocycles. The minimum absolute atomic E-state index is 0.0547. The number of nitrogens with zero attached hydrogens (tertiary/aromatic N) is 1.